The number of carbonyl (C=O) groups excluding carboxylic acids is 1. The molecule has 0 spiro atoms. The van der Waals surface area contributed by atoms with Crippen LogP contribution >= 0.6 is 0 Å². The molecule has 0 aliphatic heterocycles. The molecule has 0 saturated carbocycles. The number of nitriles is 1. The summed E-state index contributed by atoms with van der Waals surface area (Å²) in [5, 5.41) is 8.85. The van der Waals surface area contributed by atoms with Crippen molar-refractivity contribution in [1.82, 2.24) is 0 Å². The number of ketones is 1. The van der Waals surface area contributed by atoms with E-state index >= 15 is 0 Å². The molecule has 0 heterocycles. The van der Waals surface area contributed by atoms with Crippen LogP contribution in [0.1, 0.15) is 28.4 Å². The van der Waals surface area contributed by atoms with Crippen molar-refractivity contribution in [2.75, 3.05) is 0 Å². The first-order valence-corrected chi connectivity index (χ1v) is 6.05. The quantitative estimate of drug-likeness (QED) is 0.766. The Labute approximate surface area is 119 Å². The maximum atomic E-state index is 12.8. The van der Waals surface area contributed by atoms with E-state index in [1.54, 1.807) is 30.3 Å². The number of halogens is 3. The largest absolute Gasteiger partial charge is 0.416 e. The number of nitrogens with zero attached hydrogens (tertiary/aromatic N) is 1. The molecule has 0 atom stereocenters. The van der Waals surface area contributed by atoms with E-state index in [1.165, 1.54) is 13.0 Å². The summed E-state index contributed by atoms with van der Waals surface area (Å²) in [6.45, 7) is 1.41. The Bertz CT molecular complexity index is 725. The average Bonchev–Trinajstić information content (AvgIpc) is 2.46. The van der Waals surface area contributed by atoms with Gasteiger partial charge in [-0.05, 0) is 36.2 Å². The minimum atomic E-state index is -4.51. The summed E-state index contributed by atoms with van der Waals surface area (Å²) >= 11 is 0. The van der Waals surface area contributed by atoms with Gasteiger partial charge in [0.25, 0.3) is 0 Å². The SMILES string of the molecule is CC(=O)c1ccc(-c2cc(C#N)cc(C(F)(F)F)c2)cc1. The monoisotopic (exact) mass is 289 g/mol. The lowest BCUT2D eigenvalue weighted by atomic mass is 9.98. The third-order valence-electron chi connectivity index (χ3n) is 3.01. The summed E-state index contributed by atoms with van der Waals surface area (Å²) in [5.74, 6) is -0.122. The molecular formula is C16H10F3NO. The van der Waals surface area contributed by atoms with Crippen LogP contribution in [0.15, 0.2) is 42.5 Å². The number of Topliss-reactive ketones (excluding diaryl/α,β-unsaturated/α-hetero) is 1. The van der Waals surface area contributed by atoms with E-state index in [2.05, 4.69) is 0 Å². The van der Waals surface area contributed by atoms with Crippen molar-refractivity contribution >= 4 is 5.78 Å². The van der Waals surface area contributed by atoms with Gasteiger partial charge in [0.2, 0.25) is 0 Å². The van der Waals surface area contributed by atoms with Crippen molar-refractivity contribution in [2.24, 2.45) is 0 Å². The van der Waals surface area contributed by atoms with Crippen molar-refractivity contribution in [2.45, 2.75) is 13.1 Å². The predicted octanol–water partition coefficient (Wildman–Crippen LogP) is 4.45. The topological polar surface area (TPSA) is 40.9 Å². The molecule has 2 rings (SSSR count). The number of rotatable bonds is 2. The Balaban J connectivity index is 2.53. The van der Waals surface area contributed by atoms with Crippen LogP contribution in [-0.4, -0.2) is 5.78 Å². The molecule has 0 radical (unpaired) electrons. The van der Waals surface area contributed by atoms with Gasteiger partial charge in [-0.15, -0.1) is 0 Å². The van der Waals surface area contributed by atoms with Gasteiger partial charge in [-0.3, -0.25) is 4.79 Å². The van der Waals surface area contributed by atoms with Crippen LogP contribution in [-0.2, 0) is 6.18 Å². The maximum absolute atomic E-state index is 12.8. The van der Waals surface area contributed by atoms with E-state index < -0.39 is 11.7 Å². The molecule has 0 aliphatic rings. The second-order valence-corrected chi connectivity index (χ2v) is 4.54. The van der Waals surface area contributed by atoms with Crippen LogP contribution in [0, 0.1) is 11.3 Å². The summed E-state index contributed by atoms with van der Waals surface area (Å²) < 4.78 is 38.4. The Hall–Kier alpha value is -2.61. The van der Waals surface area contributed by atoms with Crippen LogP contribution in [0.3, 0.4) is 0 Å². The third-order valence-corrected chi connectivity index (χ3v) is 3.01. The Morgan fingerprint density at radius 1 is 1.05 bits per heavy atom. The highest BCUT2D eigenvalue weighted by atomic mass is 19.4. The van der Waals surface area contributed by atoms with Gasteiger partial charge < -0.3 is 0 Å². The van der Waals surface area contributed by atoms with Crippen molar-refractivity contribution in [3.8, 4) is 17.2 Å². The molecule has 0 bridgehead atoms. The highest BCUT2D eigenvalue weighted by Gasteiger charge is 2.31. The highest BCUT2D eigenvalue weighted by molar-refractivity contribution is 5.94. The maximum Gasteiger partial charge on any atom is 0.416 e. The first-order chi connectivity index (χ1) is 9.81. The Morgan fingerprint density at radius 3 is 2.14 bits per heavy atom. The number of hydrogen-bond acceptors (Lipinski definition) is 2. The molecule has 2 aromatic rings. The molecule has 0 N–H and O–H groups in total. The summed E-state index contributed by atoms with van der Waals surface area (Å²) in [5.41, 5.74) is 0.355. The van der Waals surface area contributed by atoms with E-state index in [0.717, 1.165) is 12.1 Å². The van der Waals surface area contributed by atoms with Gasteiger partial charge in [0.15, 0.2) is 5.78 Å². The number of alkyl halides is 3. The molecule has 2 aromatic carbocycles. The zero-order valence-electron chi connectivity index (χ0n) is 11.0. The molecular weight excluding hydrogens is 279 g/mol. The Kier molecular flexibility index (Phi) is 3.81. The van der Waals surface area contributed by atoms with Crippen molar-refractivity contribution in [1.29, 1.82) is 5.26 Å². The molecule has 0 saturated heterocycles. The fourth-order valence-corrected chi connectivity index (χ4v) is 1.92. The number of benzene rings is 2. The third kappa shape index (κ3) is 3.29. The second kappa shape index (κ2) is 5.41. The van der Waals surface area contributed by atoms with Gasteiger partial charge >= 0.3 is 6.18 Å². The van der Waals surface area contributed by atoms with E-state index in [9.17, 15) is 18.0 Å². The molecule has 0 fully saturated rings. The zero-order chi connectivity index (χ0) is 15.6. The highest BCUT2D eigenvalue weighted by Crippen LogP contribution is 2.33. The van der Waals surface area contributed by atoms with Gasteiger partial charge in [0.1, 0.15) is 0 Å². The molecule has 21 heavy (non-hydrogen) atoms. The zero-order valence-corrected chi connectivity index (χ0v) is 11.0. The van der Waals surface area contributed by atoms with Crippen LogP contribution in [0.4, 0.5) is 13.2 Å². The lowest BCUT2D eigenvalue weighted by Gasteiger charge is -2.10. The van der Waals surface area contributed by atoms with Crippen LogP contribution in [0.5, 0.6) is 0 Å². The predicted molar refractivity (Wildman–Crippen MR) is 71.6 cm³/mol. The van der Waals surface area contributed by atoms with Crippen molar-refractivity contribution in [3.63, 3.8) is 0 Å². The molecule has 0 amide bonds. The summed E-state index contributed by atoms with van der Waals surface area (Å²) in [6.07, 6.45) is -4.51. The van der Waals surface area contributed by atoms with Crippen LogP contribution in [0.25, 0.3) is 11.1 Å². The van der Waals surface area contributed by atoms with Gasteiger partial charge in [0.05, 0.1) is 17.2 Å². The van der Waals surface area contributed by atoms with Crippen molar-refractivity contribution in [3.05, 3.63) is 59.2 Å². The van der Waals surface area contributed by atoms with Crippen LogP contribution in [0.2, 0.25) is 0 Å². The lowest BCUT2D eigenvalue weighted by Crippen LogP contribution is -2.05. The van der Waals surface area contributed by atoms with Gasteiger partial charge in [0, 0.05) is 5.56 Å². The molecule has 0 unspecified atom stereocenters. The van der Waals surface area contributed by atoms with E-state index in [1.807, 2.05) is 0 Å². The van der Waals surface area contributed by atoms with Gasteiger partial charge in [-0.25, -0.2) is 0 Å². The van der Waals surface area contributed by atoms with E-state index in [-0.39, 0.29) is 16.9 Å². The fourth-order valence-electron chi connectivity index (χ4n) is 1.92. The fraction of sp³-hybridized carbons (Fsp3) is 0.125. The van der Waals surface area contributed by atoms with Crippen LogP contribution < -0.4 is 0 Å². The smallest absolute Gasteiger partial charge is 0.295 e. The Morgan fingerprint density at radius 2 is 1.67 bits per heavy atom. The second-order valence-electron chi connectivity index (χ2n) is 4.54. The summed E-state index contributed by atoms with van der Waals surface area (Å²) in [4.78, 5) is 11.2. The molecule has 5 heteroatoms. The first kappa shape index (κ1) is 14.8. The number of hydrogen-bond donors (Lipinski definition) is 0. The number of carbonyl (C=O) groups is 1. The standard InChI is InChI=1S/C16H10F3NO/c1-10(21)12-2-4-13(5-3-12)14-6-11(9-20)7-15(8-14)16(17,18)19/h2-8H,1H3. The first-order valence-electron chi connectivity index (χ1n) is 6.05. The minimum absolute atomic E-state index is 0.0598. The summed E-state index contributed by atoms with van der Waals surface area (Å²) in [7, 11) is 0. The molecule has 0 aliphatic carbocycles. The molecule has 2 nitrogen and oxygen atoms in total. The van der Waals surface area contributed by atoms with E-state index in [4.69, 9.17) is 5.26 Å². The lowest BCUT2D eigenvalue weighted by molar-refractivity contribution is -0.137. The van der Waals surface area contributed by atoms with Gasteiger partial charge in [-0.2, -0.15) is 18.4 Å². The van der Waals surface area contributed by atoms with Gasteiger partial charge in [-0.1, -0.05) is 24.3 Å². The normalized spacial score (nSPS) is 11.0. The van der Waals surface area contributed by atoms with E-state index in [0.29, 0.717) is 11.1 Å². The summed E-state index contributed by atoms with van der Waals surface area (Å²) in [6, 6.07) is 11.1. The molecule has 0 aromatic heterocycles. The van der Waals surface area contributed by atoms with Crippen molar-refractivity contribution < 1.29 is 18.0 Å². The molecule has 106 valence electrons. The minimum Gasteiger partial charge on any atom is -0.295 e. The average molecular weight is 289 g/mol.